The molecule has 0 aliphatic heterocycles. The van der Waals surface area contributed by atoms with Crippen molar-refractivity contribution in [2.75, 3.05) is 25.4 Å². The molecule has 0 saturated carbocycles. The van der Waals surface area contributed by atoms with Gasteiger partial charge in [-0.25, -0.2) is 0 Å². The smallest absolute Gasteiger partial charge is 0.230 e. The molecule has 20 heavy (non-hydrogen) atoms. The molecule has 0 atom stereocenters. The molecule has 1 amide bonds. The van der Waals surface area contributed by atoms with Gasteiger partial charge in [0.2, 0.25) is 5.91 Å². The van der Waals surface area contributed by atoms with Gasteiger partial charge in [-0.3, -0.25) is 4.79 Å². The number of amides is 1. The Morgan fingerprint density at radius 2 is 2.05 bits per heavy atom. The molecule has 0 bridgehead atoms. The summed E-state index contributed by atoms with van der Waals surface area (Å²) >= 11 is 1.66. The molecule has 0 aromatic heterocycles. The summed E-state index contributed by atoms with van der Waals surface area (Å²) in [6, 6.07) is 8.42. The largest absolute Gasteiger partial charge is 0.354 e. The van der Waals surface area contributed by atoms with Crippen LogP contribution in [0.3, 0.4) is 0 Å². The lowest BCUT2D eigenvalue weighted by molar-refractivity contribution is -0.118. The summed E-state index contributed by atoms with van der Waals surface area (Å²) < 4.78 is 0. The Kier molecular flexibility index (Phi) is 11.6. The lowest BCUT2D eigenvalue weighted by atomic mass is 10.2. The first kappa shape index (κ1) is 19.3. The molecule has 0 radical (unpaired) electrons. The maximum Gasteiger partial charge on any atom is 0.230 e. The molecule has 114 valence electrons. The lowest BCUT2D eigenvalue weighted by Crippen LogP contribution is -2.33. The van der Waals surface area contributed by atoms with E-state index in [9.17, 15) is 4.79 Å². The fourth-order valence-electron chi connectivity index (χ4n) is 1.71. The van der Waals surface area contributed by atoms with E-state index in [4.69, 9.17) is 0 Å². The summed E-state index contributed by atoms with van der Waals surface area (Å²) in [5.41, 5.74) is 2.55. The highest BCUT2D eigenvalue weighted by molar-refractivity contribution is 7.99. The van der Waals surface area contributed by atoms with E-state index in [1.807, 2.05) is 0 Å². The molecule has 1 aromatic carbocycles. The predicted molar refractivity (Wildman–Crippen MR) is 90.8 cm³/mol. The molecule has 0 unspecified atom stereocenters. The number of thioether (sulfide) groups is 1. The highest BCUT2D eigenvalue weighted by Crippen LogP contribution is 2.12. The molecule has 3 nitrogen and oxygen atoms in total. The predicted octanol–water partition coefficient (Wildman–Crippen LogP) is 2.77. The number of benzene rings is 1. The van der Waals surface area contributed by atoms with Gasteiger partial charge in [-0.1, -0.05) is 36.8 Å². The lowest BCUT2D eigenvalue weighted by Gasteiger charge is -2.06. The second kappa shape index (κ2) is 12.1. The molecule has 0 heterocycles. The van der Waals surface area contributed by atoms with E-state index < -0.39 is 0 Å². The second-order valence-electron chi connectivity index (χ2n) is 4.58. The molecule has 0 aliphatic rings. The van der Waals surface area contributed by atoms with Crippen molar-refractivity contribution >= 4 is 30.1 Å². The summed E-state index contributed by atoms with van der Waals surface area (Å²) in [6.45, 7) is 6.79. The monoisotopic (exact) mass is 316 g/mol. The molecule has 0 saturated heterocycles. The van der Waals surface area contributed by atoms with Gasteiger partial charge in [0.25, 0.3) is 0 Å². The van der Waals surface area contributed by atoms with E-state index in [1.54, 1.807) is 11.8 Å². The van der Waals surface area contributed by atoms with Gasteiger partial charge in [-0.2, -0.15) is 0 Å². The minimum atomic E-state index is 0. The van der Waals surface area contributed by atoms with E-state index in [0.717, 1.165) is 25.3 Å². The Hall–Kier alpha value is -0.710. The van der Waals surface area contributed by atoms with Crippen molar-refractivity contribution < 1.29 is 4.79 Å². The zero-order valence-corrected chi connectivity index (χ0v) is 13.9. The Balaban J connectivity index is 0.00000361. The number of carbonyl (C=O) groups excluding carboxylic acids is 1. The molecular formula is C15H25ClN2OS. The third-order valence-electron chi connectivity index (χ3n) is 2.64. The van der Waals surface area contributed by atoms with Crippen molar-refractivity contribution in [2.45, 2.75) is 26.0 Å². The van der Waals surface area contributed by atoms with Crippen molar-refractivity contribution in [3.63, 3.8) is 0 Å². The topological polar surface area (TPSA) is 41.1 Å². The van der Waals surface area contributed by atoms with Crippen LogP contribution in [-0.2, 0) is 10.5 Å². The molecule has 2 N–H and O–H groups in total. The number of carbonyl (C=O) groups is 1. The number of hydrogen-bond acceptors (Lipinski definition) is 3. The number of aryl methyl sites for hydroxylation is 1. The first-order valence-electron chi connectivity index (χ1n) is 6.83. The van der Waals surface area contributed by atoms with Crippen LogP contribution in [0, 0.1) is 6.92 Å². The zero-order valence-electron chi connectivity index (χ0n) is 12.3. The maximum absolute atomic E-state index is 11.6. The Bertz CT molecular complexity index is 388. The number of halogens is 1. The Labute approximate surface area is 132 Å². The van der Waals surface area contributed by atoms with E-state index >= 15 is 0 Å². The average Bonchev–Trinajstić information content (AvgIpc) is 2.38. The fourth-order valence-corrected chi connectivity index (χ4v) is 2.51. The van der Waals surface area contributed by atoms with Crippen molar-refractivity contribution in [3.05, 3.63) is 35.4 Å². The van der Waals surface area contributed by atoms with Crippen LogP contribution in [0.2, 0.25) is 0 Å². The third kappa shape index (κ3) is 9.23. The summed E-state index contributed by atoms with van der Waals surface area (Å²) in [5, 5.41) is 6.17. The second-order valence-corrected chi connectivity index (χ2v) is 5.57. The van der Waals surface area contributed by atoms with Crippen LogP contribution < -0.4 is 10.6 Å². The summed E-state index contributed by atoms with van der Waals surface area (Å²) in [4.78, 5) is 11.6. The molecule has 0 fully saturated rings. The quantitative estimate of drug-likeness (QED) is 0.688. The van der Waals surface area contributed by atoms with Gasteiger partial charge in [0.1, 0.15) is 0 Å². The molecule has 5 heteroatoms. The van der Waals surface area contributed by atoms with E-state index in [0.29, 0.717) is 12.3 Å². The van der Waals surface area contributed by atoms with Crippen LogP contribution in [0.4, 0.5) is 0 Å². The van der Waals surface area contributed by atoms with Gasteiger partial charge >= 0.3 is 0 Å². The van der Waals surface area contributed by atoms with Crippen molar-refractivity contribution in [1.29, 1.82) is 0 Å². The van der Waals surface area contributed by atoms with Crippen LogP contribution in [-0.4, -0.2) is 31.3 Å². The molecule has 0 spiro atoms. The Morgan fingerprint density at radius 3 is 2.75 bits per heavy atom. The average molecular weight is 317 g/mol. The zero-order chi connectivity index (χ0) is 13.9. The van der Waals surface area contributed by atoms with Crippen LogP contribution in [0.15, 0.2) is 24.3 Å². The molecular weight excluding hydrogens is 292 g/mol. The minimum Gasteiger partial charge on any atom is -0.354 e. The first-order chi connectivity index (χ1) is 9.22. The maximum atomic E-state index is 11.6. The third-order valence-corrected chi connectivity index (χ3v) is 3.64. The number of hydrogen-bond donors (Lipinski definition) is 2. The molecule has 0 aliphatic carbocycles. The minimum absolute atomic E-state index is 0. The Morgan fingerprint density at radius 1 is 1.25 bits per heavy atom. The summed E-state index contributed by atoms with van der Waals surface area (Å²) in [5.74, 6) is 1.54. The van der Waals surface area contributed by atoms with Crippen LogP contribution in [0.25, 0.3) is 0 Å². The van der Waals surface area contributed by atoms with Gasteiger partial charge in [0.05, 0.1) is 5.75 Å². The highest BCUT2D eigenvalue weighted by Gasteiger charge is 2.01. The molecule has 1 rings (SSSR count). The fraction of sp³-hybridized carbons (Fsp3) is 0.533. The van der Waals surface area contributed by atoms with Crippen LogP contribution in [0.1, 0.15) is 24.5 Å². The van der Waals surface area contributed by atoms with Gasteiger partial charge in [0, 0.05) is 18.8 Å². The standard InChI is InChI=1S/C15H24N2OS.ClH/c1-3-7-16-8-9-17-15(18)12-19-11-14-6-4-5-13(2)10-14;/h4-6,10,16H,3,7-9,11-12H2,1-2H3,(H,17,18);1H. The van der Waals surface area contributed by atoms with Gasteiger partial charge in [-0.05, 0) is 25.5 Å². The normalized spacial score (nSPS) is 9.90. The van der Waals surface area contributed by atoms with Crippen molar-refractivity contribution in [3.8, 4) is 0 Å². The van der Waals surface area contributed by atoms with E-state index in [-0.39, 0.29) is 18.3 Å². The van der Waals surface area contributed by atoms with Gasteiger partial charge < -0.3 is 10.6 Å². The van der Waals surface area contributed by atoms with Gasteiger partial charge in [-0.15, -0.1) is 24.2 Å². The SMILES string of the molecule is CCCNCCNC(=O)CSCc1cccc(C)c1.Cl. The van der Waals surface area contributed by atoms with E-state index in [1.165, 1.54) is 11.1 Å². The first-order valence-corrected chi connectivity index (χ1v) is 7.98. The number of rotatable bonds is 9. The number of nitrogens with one attached hydrogen (secondary N) is 2. The van der Waals surface area contributed by atoms with Crippen LogP contribution >= 0.6 is 24.2 Å². The van der Waals surface area contributed by atoms with Crippen molar-refractivity contribution in [1.82, 2.24) is 10.6 Å². The van der Waals surface area contributed by atoms with E-state index in [2.05, 4.69) is 48.7 Å². The van der Waals surface area contributed by atoms with Crippen molar-refractivity contribution in [2.24, 2.45) is 0 Å². The highest BCUT2D eigenvalue weighted by atomic mass is 35.5. The molecule has 1 aromatic rings. The van der Waals surface area contributed by atoms with Gasteiger partial charge in [0.15, 0.2) is 0 Å². The summed E-state index contributed by atoms with van der Waals surface area (Å²) in [6.07, 6.45) is 1.13. The summed E-state index contributed by atoms with van der Waals surface area (Å²) in [7, 11) is 0. The van der Waals surface area contributed by atoms with Crippen LogP contribution in [0.5, 0.6) is 0 Å².